The van der Waals surface area contributed by atoms with Gasteiger partial charge in [-0.25, -0.2) is 0 Å². The molecule has 0 saturated heterocycles. The SMILES string of the molecule is Cc1cccc(Cn2cccc(C(=O)NCC(=O)Nc3ccc(Br)c(C)c3)c2=O)c1. The van der Waals surface area contributed by atoms with Crippen LogP contribution in [0, 0.1) is 13.8 Å². The van der Waals surface area contributed by atoms with Gasteiger partial charge in [-0.1, -0.05) is 45.8 Å². The van der Waals surface area contributed by atoms with Gasteiger partial charge < -0.3 is 15.2 Å². The first-order valence-electron chi connectivity index (χ1n) is 9.42. The molecule has 0 spiro atoms. The first-order valence-corrected chi connectivity index (χ1v) is 10.2. The quantitative estimate of drug-likeness (QED) is 0.580. The summed E-state index contributed by atoms with van der Waals surface area (Å²) in [5, 5.41) is 5.24. The second-order valence-electron chi connectivity index (χ2n) is 7.04. The molecule has 0 fully saturated rings. The summed E-state index contributed by atoms with van der Waals surface area (Å²) in [6.45, 7) is 4.03. The lowest BCUT2D eigenvalue weighted by Crippen LogP contribution is -2.37. The molecule has 6 nitrogen and oxygen atoms in total. The van der Waals surface area contributed by atoms with Crippen molar-refractivity contribution in [3.63, 3.8) is 0 Å². The molecule has 0 aliphatic rings. The van der Waals surface area contributed by atoms with Crippen LogP contribution in [0.3, 0.4) is 0 Å². The van der Waals surface area contributed by atoms with Crippen LogP contribution in [0.15, 0.2) is 70.1 Å². The topological polar surface area (TPSA) is 80.2 Å². The summed E-state index contributed by atoms with van der Waals surface area (Å²) in [4.78, 5) is 37.3. The van der Waals surface area contributed by atoms with E-state index < -0.39 is 11.5 Å². The number of anilines is 1. The zero-order chi connectivity index (χ0) is 21.7. The Hall–Kier alpha value is -3.19. The molecule has 0 radical (unpaired) electrons. The Morgan fingerprint density at radius 2 is 1.83 bits per heavy atom. The molecule has 1 heterocycles. The number of benzene rings is 2. The van der Waals surface area contributed by atoms with Crippen molar-refractivity contribution in [1.29, 1.82) is 0 Å². The average molecular weight is 468 g/mol. The summed E-state index contributed by atoms with van der Waals surface area (Å²) in [6.07, 6.45) is 1.64. The van der Waals surface area contributed by atoms with Crippen molar-refractivity contribution < 1.29 is 9.59 Å². The van der Waals surface area contributed by atoms with E-state index in [4.69, 9.17) is 0 Å². The monoisotopic (exact) mass is 467 g/mol. The zero-order valence-electron chi connectivity index (χ0n) is 16.7. The highest BCUT2D eigenvalue weighted by molar-refractivity contribution is 9.10. The minimum absolute atomic E-state index is 0.00237. The lowest BCUT2D eigenvalue weighted by atomic mass is 10.1. The molecule has 3 aromatic rings. The Kier molecular flexibility index (Phi) is 6.84. The van der Waals surface area contributed by atoms with Gasteiger partial charge in [-0.3, -0.25) is 14.4 Å². The minimum Gasteiger partial charge on any atom is -0.343 e. The van der Waals surface area contributed by atoms with Crippen LogP contribution < -0.4 is 16.2 Å². The van der Waals surface area contributed by atoms with Gasteiger partial charge >= 0.3 is 0 Å². The van der Waals surface area contributed by atoms with Crippen molar-refractivity contribution in [3.8, 4) is 0 Å². The van der Waals surface area contributed by atoms with Crippen molar-refractivity contribution in [2.24, 2.45) is 0 Å². The van der Waals surface area contributed by atoms with Gasteiger partial charge in [0.15, 0.2) is 0 Å². The van der Waals surface area contributed by atoms with E-state index in [0.29, 0.717) is 12.2 Å². The third-order valence-electron chi connectivity index (χ3n) is 4.55. The zero-order valence-corrected chi connectivity index (χ0v) is 18.3. The summed E-state index contributed by atoms with van der Waals surface area (Å²) in [6, 6.07) is 16.4. The van der Waals surface area contributed by atoms with Gasteiger partial charge in [-0.2, -0.15) is 0 Å². The average Bonchev–Trinajstić information content (AvgIpc) is 2.70. The maximum absolute atomic E-state index is 12.7. The third kappa shape index (κ3) is 5.45. The highest BCUT2D eigenvalue weighted by Crippen LogP contribution is 2.19. The molecule has 0 aliphatic carbocycles. The van der Waals surface area contributed by atoms with Gasteiger partial charge in [0.25, 0.3) is 11.5 Å². The molecule has 0 atom stereocenters. The largest absolute Gasteiger partial charge is 0.343 e. The number of nitrogens with one attached hydrogen (secondary N) is 2. The van der Waals surface area contributed by atoms with Crippen LogP contribution in [0.25, 0.3) is 0 Å². The van der Waals surface area contributed by atoms with Gasteiger partial charge in [0.1, 0.15) is 5.56 Å². The van der Waals surface area contributed by atoms with Gasteiger partial charge in [-0.15, -0.1) is 0 Å². The lowest BCUT2D eigenvalue weighted by molar-refractivity contribution is -0.115. The van der Waals surface area contributed by atoms with Gasteiger partial charge in [0, 0.05) is 16.4 Å². The van der Waals surface area contributed by atoms with E-state index in [1.165, 1.54) is 10.6 Å². The Bertz CT molecular complexity index is 1150. The summed E-state index contributed by atoms with van der Waals surface area (Å²) >= 11 is 3.41. The number of aromatic nitrogens is 1. The van der Waals surface area contributed by atoms with Crippen LogP contribution in [0.1, 0.15) is 27.0 Å². The molecule has 2 N–H and O–H groups in total. The highest BCUT2D eigenvalue weighted by atomic mass is 79.9. The van der Waals surface area contributed by atoms with Crippen LogP contribution in [-0.2, 0) is 11.3 Å². The number of pyridine rings is 1. The predicted molar refractivity (Wildman–Crippen MR) is 121 cm³/mol. The second-order valence-corrected chi connectivity index (χ2v) is 7.89. The molecule has 7 heteroatoms. The van der Waals surface area contributed by atoms with E-state index in [1.807, 2.05) is 50.2 Å². The fraction of sp³-hybridized carbons (Fsp3) is 0.174. The molecule has 30 heavy (non-hydrogen) atoms. The first kappa shape index (κ1) is 21.5. The summed E-state index contributed by atoms with van der Waals surface area (Å²) in [7, 11) is 0. The van der Waals surface area contributed by atoms with Crippen LogP contribution >= 0.6 is 15.9 Å². The lowest BCUT2D eigenvalue weighted by Gasteiger charge is -2.10. The number of hydrogen-bond donors (Lipinski definition) is 2. The van der Waals surface area contributed by atoms with E-state index in [0.717, 1.165) is 21.2 Å². The molecule has 1 aromatic heterocycles. The maximum Gasteiger partial charge on any atom is 0.263 e. The van der Waals surface area contributed by atoms with Crippen molar-refractivity contribution in [1.82, 2.24) is 9.88 Å². The van der Waals surface area contributed by atoms with Gasteiger partial charge in [0.2, 0.25) is 5.91 Å². The van der Waals surface area contributed by atoms with Crippen molar-refractivity contribution in [3.05, 3.63) is 97.9 Å². The number of nitrogens with zero attached hydrogens (tertiary/aromatic N) is 1. The summed E-state index contributed by atoms with van der Waals surface area (Å²) in [5.41, 5.74) is 3.28. The van der Waals surface area contributed by atoms with Crippen molar-refractivity contribution >= 4 is 33.4 Å². The number of halogens is 1. The summed E-state index contributed by atoms with van der Waals surface area (Å²) in [5.74, 6) is -0.957. The van der Waals surface area contributed by atoms with Crippen molar-refractivity contribution in [2.45, 2.75) is 20.4 Å². The molecule has 0 aliphatic heterocycles. The molecule has 3 rings (SSSR count). The summed E-state index contributed by atoms with van der Waals surface area (Å²) < 4.78 is 2.42. The van der Waals surface area contributed by atoms with Gasteiger partial charge in [-0.05, 0) is 55.3 Å². The molecule has 0 unspecified atom stereocenters. The molecular weight excluding hydrogens is 446 g/mol. The van der Waals surface area contributed by atoms with E-state index in [2.05, 4.69) is 26.6 Å². The molecule has 154 valence electrons. The molecule has 0 saturated carbocycles. The number of carbonyl (C=O) groups is 2. The fourth-order valence-electron chi connectivity index (χ4n) is 3.02. The van der Waals surface area contributed by atoms with E-state index in [9.17, 15) is 14.4 Å². The molecule has 2 aromatic carbocycles. The number of carbonyl (C=O) groups excluding carboxylic acids is 2. The number of aryl methyl sites for hydroxylation is 2. The van der Waals surface area contributed by atoms with Crippen LogP contribution in [0.2, 0.25) is 0 Å². The second kappa shape index (κ2) is 9.54. The fourth-order valence-corrected chi connectivity index (χ4v) is 3.27. The first-order chi connectivity index (χ1) is 14.3. The Labute approximate surface area is 183 Å². The molecule has 0 bridgehead atoms. The van der Waals surface area contributed by atoms with E-state index in [1.54, 1.807) is 18.3 Å². The third-order valence-corrected chi connectivity index (χ3v) is 5.44. The number of rotatable bonds is 6. The predicted octanol–water partition coefficient (Wildman–Crippen LogP) is 3.64. The van der Waals surface area contributed by atoms with Crippen molar-refractivity contribution in [2.75, 3.05) is 11.9 Å². The highest BCUT2D eigenvalue weighted by Gasteiger charge is 2.14. The van der Waals surface area contributed by atoms with Gasteiger partial charge in [0.05, 0.1) is 13.1 Å². The Morgan fingerprint density at radius 3 is 2.57 bits per heavy atom. The number of amides is 2. The van der Waals surface area contributed by atoms with E-state index in [-0.39, 0.29) is 18.0 Å². The molecular formula is C23H22BrN3O3. The Morgan fingerprint density at radius 1 is 1.03 bits per heavy atom. The maximum atomic E-state index is 12.7. The van der Waals surface area contributed by atoms with Crippen LogP contribution in [0.5, 0.6) is 0 Å². The minimum atomic E-state index is -0.583. The standard InChI is InChI=1S/C23H22BrN3O3/c1-15-5-3-6-17(11-15)14-27-10-4-7-19(23(27)30)22(29)25-13-21(28)26-18-8-9-20(24)16(2)12-18/h3-12H,13-14H2,1-2H3,(H,25,29)(H,26,28). The Balaban J connectivity index is 1.64. The number of hydrogen-bond acceptors (Lipinski definition) is 3. The normalized spacial score (nSPS) is 10.5. The van der Waals surface area contributed by atoms with Crippen LogP contribution in [-0.4, -0.2) is 22.9 Å². The van der Waals surface area contributed by atoms with E-state index >= 15 is 0 Å². The van der Waals surface area contributed by atoms with Crippen LogP contribution in [0.4, 0.5) is 5.69 Å². The smallest absolute Gasteiger partial charge is 0.263 e. The molecule has 2 amide bonds.